The van der Waals surface area contributed by atoms with Crippen molar-refractivity contribution >= 4 is 90.4 Å². The normalized spacial score (nSPS) is 12.2. The van der Waals surface area contributed by atoms with E-state index in [1.54, 1.807) is 22.7 Å². The first-order valence-electron chi connectivity index (χ1n) is 9.26. The Labute approximate surface area is 212 Å². The van der Waals surface area contributed by atoms with Crippen molar-refractivity contribution in [1.82, 2.24) is 0 Å². The summed E-state index contributed by atoms with van der Waals surface area (Å²) in [5, 5.41) is 15.9. The number of thioether (sulfide) groups is 4. The van der Waals surface area contributed by atoms with Gasteiger partial charge in [-0.2, -0.15) is 0 Å². The molecule has 0 fully saturated rings. The summed E-state index contributed by atoms with van der Waals surface area (Å²) in [6, 6.07) is 8.26. The van der Waals surface area contributed by atoms with Crippen molar-refractivity contribution in [2.75, 3.05) is 13.1 Å². The Kier molecular flexibility index (Phi) is 12.4. The Morgan fingerprint density at radius 2 is 0.938 bits per heavy atom. The minimum atomic E-state index is 0.133. The molecule has 10 N–H and O–H groups in total. The van der Waals surface area contributed by atoms with Gasteiger partial charge in [-0.3, -0.25) is 20.8 Å². The van der Waals surface area contributed by atoms with Gasteiger partial charge in [0.1, 0.15) is 0 Å². The van der Waals surface area contributed by atoms with Gasteiger partial charge in [-0.25, -0.2) is 0 Å². The molecule has 2 heterocycles. The Hall–Kier alpha value is -1.32. The molecule has 0 aromatic carbocycles. The van der Waals surface area contributed by atoms with Crippen molar-refractivity contribution in [3.63, 3.8) is 0 Å². The molecule has 2 aromatic heterocycles. The van der Waals surface area contributed by atoms with E-state index in [0.717, 1.165) is 23.0 Å². The number of aliphatic imine (C=N–C) groups is 2. The summed E-state index contributed by atoms with van der Waals surface area (Å²) in [7, 11) is 0. The molecule has 14 heteroatoms. The molecule has 0 amide bonds. The van der Waals surface area contributed by atoms with E-state index < -0.39 is 0 Å². The summed E-state index contributed by atoms with van der Waals surface area (Å²) >= 11 is 9.04. The van der Waals surface area contributed by atoms with E-state index in [1.807, 2.05) is 0 Å². The number of hydrogen-bond donors (Lipinski definition) is 6. The van der Waals surface area contributed by atoms with Crippen LogP contribution in [0.2, 0.25) is 0 Å². The zero-order valence-corrected chi connectivity index (χ0v) is 22.1. The first-order valence-corrected chi connectivity index (χ1v) is 14.8. The highest BCUT2D eigenvalue weighted by atomic mass is 32.2. The fourth-order valence-electron chi connectivity index (χ4n) is 2.15. The number of amidine groups is 4. The van der Waals surface area contributed by atoms with Gasteiger partial charge in [0.15, 0.2) is 20.7 Å². The van der Waals surface area contributed by atoms with Crippen LogP contribution in [0.3, 0.4) is 0 Å². The standard InChI is InChI=1S/C18H26N8S6/c19-15(20)27-7-11-1-3-13(31-11)9-29-17(23)25-5-6-26-18(24)30-10-14-4-2-12(32-14)8-28-16(21)22/h1-4H,5-10H2,(H3,19,20)(H3,21,22)(H2,23,25)(H2,24,26). The highest BCUT2D eigenvalue weighted by molar-refractivity contribution is 8.14. The molecule has 0 saturated heterocycles. The highest BCUT2D eigenvalue weighted by Gasteiger charge is 2.05. The zero-order valence-electron chi connectivity index (χ0n) is 17.2. The number of nitrogens with zero attached hydrogens (tertiary/aromatic N) is 2. The van der Waals surface area contributed by atoms with Crippen molar-refractivity contribution < 1.29 is 0 Å². The van der Waals surface area contributed by atoms with Crippen LogP contribution < -0.4 is 22.9 Å². The number of nitrogens with one attached hydrogen (secondary N) is 2. The van der Waals surface area contributed by atoms with E-state index in [1.165, 1.54) is 66.6 Å². The molecule has 8 nitrogen and oxygen atoms in total. The van der Waals surface area contributed by atoms with E-state index in [4.69, 9.17) is 33.8 Å². The highest BCUT2D eigenvalue weighted by Crippen LogP contribution is 2.26. The first-order chi connectivity index (χ1) is 15.3. The maximum Gasteiger partial charge on any atom is 0.154 e. The SMILES string of the molecule is N=C(N)SCc1ccc(CSC(N)=NCCN=C(N)SCc2ccc(CSC(=N)N)s2)s1. The summed E-state index contributed by atoms with van der Waals surface area (Å²) in [6.45, 7) is 0.993. The number of thiophene rings is 2. The van der Waals surface area contributed by atoms with Crippen LogP contribution in [-0.2, 0) is 23.0 Å². The summed E-state index contributed by atoms with van der Waals surface area (Å²) < 4.78 is 0. The molecule has 0 spiro atoms. The molecular weight excluding hydrogens is 521 g/mol. The third-order valence-electron chi connectivity index (χ3n) is 3.53. The van der Waals surface area contributed by atoms with Gasteiger partial charge in [-0.1, -0.05) is 47.0 Å². The molecule has 0 atom stereocenters. The minimum absolute atomic E-state index is 0.133. The monoisotopic (exact) mass is 546 g/mol. The molecule has 0 saturated carbocycles. The van der Waals surface area contributed by atoms with Gasteiger partial charge < -0.3 is 22.9 Å². The van der Waals surface area contributed by atoms with Crippen molar-refractivity contribution in [1.29, 1.82) is 10.8 Å². The van der Waals surface area contributed by atoms with Crippen LogP contribution in [0.1, 0.15) is 19.5 Å². The molecular formula is C18H26N8S6. The molecule has 0 aliphatic carbocycles. The van der Waals surface area contributed by atoms with Crippen molar-refractivity contribution in [3.8, 4) is 0 Å². The van der Waals surface area contributed by atoms with Crippen LogP contribution in [0.5, 0.6) is 0 Å². The van der Waals surface area contributed by atoms with Gasteiger partial charge in [0.2, 0.25) is 0 Å². The fraction of sp³-hybridized carbons (Fsp3) is 0.333. The summed E-state index contributed by atoms with van der Waals surface area (Å²) in [6.07, 6.45) is 0. The average molecular weight is 547 g/mol. The quantitative estimate of drug-likeness (QED) is 0.140. The molecule has 0 radical (unpaired) electrons. The second-order valence-electron chi connectivity index (χ2n) is 6.06. The van der Waals surface area contributed by atoms with Gasteiger partial charge in [-0.15, -0.1) is 22.7 Å². The molecule has 0 unspecified atom stereocenters. The third-order valence-corrected chi connectivity index (χ3v) is 9.73. The maximum absolute atomic E-state index is 7.26. The lowest BCUT2D eigenvalue weighted by Gasteiger charge is -2.01. The molecule has 2 aromatic rings. The van der Waals surface area contributed by atoms with Crippen LogP contribution in [0.4, 0.5) is 0 Å². The van der Waals surface area contributed by atoms with E-state index in [9.17, 15) is 0 Å². The second kappa shape index (κ2) is 14.8. The van der Waals surface area contributed by atoms with Crippen molar-refractivity contribution in [2.45, 2.75) is 23.0 Å². The summed E-state index contributed by atoms with van der Waals surface area (Å²) in [5.41, 5.74) is 22.7. The van der Waals surface area contributed by atoms with Crippen LogP contribution in [0, 0.1) is 10.8 Å². The number of rotatable bonds is 11. The van der Waals surface area contributed by atoms with Gasteiger partial charge >= 0.3 is 0 Å². The average Bonchev–Trinajstić information content (AvgIpc) is 3.40. The van der Waals surface area contributed by atoms with E-state index in [0.29, 0.717) is 23.4 Å². The van der Waals surface area contributed by atoms with E-state index in [2.05, 4.69) is 34.3 Å². The van der Waals surface area contributed by atoms with Crippen LogP contribution >= 0.6 is 69.7 Å². The lowest BCUT2D eigenvalue weighted by atomic mass is 10.5. The molecule has 0 aliphatic rings. The zero-order chi connectivity index (χ0) is 23.3. The Morgan fingerprint density at radius 1 is 0.625 bits per heavy atom. The predicted octanol–water partition coefficient (Wildman–Crippen LogP) is 3.86. The molecule has 0 bridgehead atoms. The number of hydrogen-bond acceptors (Lipinski definition) is 10. The fourth-order valence-corrected chi connectivity index (χ4v) is 6.95. The van der Waals surface area contributed by atoms with Gasteiger partial charge in [0.05, 0.1) is 13.1 Å². The predicted molar refractivity (Wildman–Crippen MR) is 151 cm³/mol. The summed E-state index contributed by atoms with van der Waals surface area (Å²) in [5.74, 6) is 2.97. The first kappa shape index (κ1) is 26.9. The van der Waals surface area contributed by atoms with Gasteiger partial charge in [-0.05, 0) is 24.3 Å². The second-order valence-corrected chi connectivity index (χ2v) is 12.6. The molecule has 2 rings (SSSR count). The van der Waals surface area contributed by atoms with Gasteiger partial charge in [0.25, 0.3) is 0 Å². The Bertz CT molecular complexity index is 875. The maximum atomic E-state index is 7.26. The van der Waals surface area contributed by atoms with Crippen molar-refractivity contribution in [2.24, 2.45) is 32.9 Å². The molecule has 174 valence electrons. The van der Waals surface area contributed by atoms with E-state index in [-0.39, 0.29) is 10.3 Å². The largest absolute Gasteiger partial charge is 0.379 e. The van der Waals surface area contributed by atoms with E-state index >= 15 is 0 Å². The molecule has 0 aliphatic heterocycles. The third kappa shape index (κ3) is 11.5. The lowest BCUT2D eigenvalue weighted by molar-refractivity contribution is 0.978. The van der Waals surface area contributed by atoms with Crippen LogP contribution in [-0.4, -0.2) is 33.8 Å². The Balaban J connectivity index is 1.64. The van der Waals surface area contributed by atoms with Crippen LogP contribution in [0.25, 0.3) is 0 Å². The Morgan fingerprint density at radius 3 is 1.25 bits per heavy atom. The van der Waals surface area contributed by atoms with Gasteiger partial charge in [0, 0.05) is 42.5 Å². The topological polar surface area (TPSA) is 176 Å². The van der Waals surface area contributed by atoms with Crippen LogP contribution in [0.15, 0.2) is 34.3 Å². The molecule has 32 heavy (non-hydrogen) atoms. The van der Waals surface area contributed by atoms with Crippen molar-refractivity contribution in [3.05, 3.63) is 43.8 Å². The minimum Gasteiger partial charge on any atom is -0.379 e. The summed E-state index contributed by atoms with van der Waals surface area (Å²) in [4.78, 5) is 13.5. The smallest absolute Gasteiger partial charge is 0.154 e. The number of nitrogens with two attached hydrogens (primary N) is 4. The lowest BCUT2D eigenvalue weighted by Crippen LogP contribution is -2.11.